The molecule has 1 atom stereocenters. The summed E-state index contributed by atoms with van der Waals surface area (Å²) in [6, 6.07) is 18.5. The second-order valence-corrected chi connectivity index (χ2v) is 8.67. The molecule has 0 saturated carbocycles. The third-order valence-corrected chi connectivity index (χ3v) is 6.22. The number of hydrogen-bond donors (Lipinski definition) is 0. The molecule has 1 aliphatic rings. The molecule has 33 heavy (non-hydrogen) atoms. The first-order valence-corrected chi connectivity index (χ1v) is 11.7. The Morgan fingerprint density at radius 2 is 1.70 bits per heavy atom. The zero-order valence-corrected chi connectivity index (χ0v) is 19.9. The van der Waals surface area contributed by atoms with Crippen LogP contribution in [0.5, 0.6) is 5.75 Å². The second-order valence-electron chi connectivity index (χ2n) is 8.67. The summed E-state index contributed by atoms with van der Waals surface area (Å²) in [7, 11) is 0. The topological polar surface area (TPSA) is 58.6 Å². The van der Waals surface area contributed by atoms with Crippen LogP contribution in [-0.4, -0.2) is 53.3 Å². The Kier molecular flexibility index (Phi) is 6.92. The summed E-state index contributed by atoms with van der Waals surface area (Å²) in [6.07, 6.45) is 0.505. The third-order valence-electron chi connectivity index (χ3n) is 6.22. The molecule has 0 N–H and O–H groups in total. The van der Waals surface area contributed by atoms with Crippen molar-refractivity contribution >= 4 is 11.7 Å². The fraction of sp³-hybridized carbons (Fsp3) is 0.370. The van der Waals surface area contributed by atoms with Crippen LogP contribution >= 0.6 is 0 Å². The number of aryl methyl sites for hydroxylation is 3. The van der Waals surface area contributed by atoms with Gasteiger partial charge in [-0.15, -0.1) is 10.2 Å². The van der Waals surface area contributed by atoms with Crippen molar-refractivity contribution in [2.24, 2.45) is 0 Å². The molecule has 1 amide bonds. The van der Waals surface area contributed by atoms with E-state index in [0.717, 1.165) is 53.5 Å². The molecule has 172 valence electrons. The van der Waals surface area contributed by atoms with E-state index >= 15 is 0 Å². The van der Waals surface area contributed by atoms with E-state index in [1.165, 1.54) is 5.56 Å². The van der Waals surface area contributed by atoms with Gasteiger partial charge in [0.2, 0.25) is 0 Å². The van der Waals surface area contributed by atoms with Crippen molar-refractivity contribution in [2.45, 2.75) is 40.2 Å². The number of amides is 1. The van der Waals surface area contributed by atoms with Gasteiger partial charge in [-0.25, -0.2) is 0 Å². The number of ether oxygens (including phenoxy) is 1. The Hall–Kier alpha value is -3.41. The molecule has 1 fully saturated rings. The zero-order valence-electron chi connectivity index (χ0n) is 19.9. The molecule has 3 aromatic rings. The van der Waals surface area contributed by atoms with Gasteiger partial charge in [-0.3, -0.25) is 4.79 Å². The van der Waals surface area contributed by atoms with Crippen molar-refractivity contribution in [3.05, 3.63) is 71.3 Å². The number of anilines is 1. The lowest BCUT2D eigenvalue weighted by atomic mass is 10.1. The molecule has 1 unspecified atom stereocenters. The van der Waals surface area contributed by atoms with Crippen LogP contribution in [0.15, 0.2) is 54.6 Å². The lowest BCUT2D eigenvalue weighted by Crippen LogP contribution is -2.52. The predicted molar refractivity (Wildman–Crippen MR) is 132 cm³/mol. The molecule has 0 spiro atoms. The highest BCUT2D eigenvalue weighted by Crippen LogP contribution is 2.22. The van der Waals surface area contributed by atoms with E-state index < -0.39 is 6.10 Å². The summed E-state index contributed by atoms with van der Waals surface area (Å²) in [5, 5.41) is 8.88. The van der Waals surface area contributed by atoms with Crippen LogP contribution in [-0.2, 0) is 11.2 Å². The molecule has 1 saturated heterocycles. The molecule has 2 aromatic carbocycles. The number of aromatic nitrogens is 2. The predicted octanol–water partition coefficient (Wildman–Crippen LogP) is 4.44. The maximum Gasteiger partial charge on any atom is 0.263 e. The van der Waals surface area contributed by atoms with Crippen LogP contribution in [0.25, 0.3) is 11.3 Å². The summed E-state index contributed by atoms with van der Waals surface area (Å²) in [6.45, 7) is 10.7. The maximum absolute atomic E-state index is 12.9. The minimum atomic E-state index is -0.518. The van der Waals surface area contributed by atoms with E-state index in [4.69, 9.17) is 4.74 Å². The Morgan fingerprint density at radius 1 is 0.970 bits per heavy atom. The van der Waals surface area contributed by atoms with Gasteiger partial charge in [0.05, 0.1) is 5.69 Å². The first-order valence-electron chi connectivity index (χ1n) is 11.7. The highest BCUT2D eigenvalue weighted by Gasteiger charge is 2.27. The molecule has 0 radical (unpaired) electrons. The van der Waals surface area contributed by atoms with Crippen molar-refractivity contribution in [2.75, 3.05) is 31.1 Å². The normalized spacial score (nSPS) is 14.8. The number of nitrogens with zero attached hydrogens (tertiary/aromatic N) is 4. The standard InChI is InChI=1S/C27H32N4O2/c1-5-22-8-10-23(11-9-22)24-12-13-26(29-28-24)30-14-16-31(17-15-30)27(32)21(4)33-25-18-19(2)6-7-20(25)3/h6-13,18,21H,5,14-17H2,1-4H3. The minimum absolute atomic E-state index is 0.0208. The molecule has 0 aliphatic carbocycles. The minimum Gasteiger partial charge on any atom is -0.481 e. The van der Waals surface area contributed by atoms with Crippen LogP contribution in [0.1, 0.15) is 30.5 Å². The average Bonchev–Trinajstić information content (AvgIpc) is 2.86. The van der Waals surface area contributed by atoms with Gasteiger partial charge in [-0.2, -0.15) is 0 Å². The first kappa shape index (κ1) is 22.8. The van der Waals surface area contributed by atoms with Crippen LogP contribution in [0.2, 0.25) is 0 Å². The van der Waals surface area contributed by atoms with E-state index in [0.29, 0.717) is 13.1 Å². The van der Waals surface area contributed by atoms with Gasteiger partial charge in [-0.05, 0) is 62.1 Å². The number of hydrogen-bond acceptors (Lipinski definition) is 5. The Balaban J connectivity index is 1.33. The third kappa shape index (κ3) is 5.33. The summed E-state index contributed by atoms with van der Waals surface area (Å²) >= 11 is 0. The van der Waals surface area contributed by atoms with Crippen LogP contribution in [0, 0.1) is 13.8 Å². The molecule has 6 nitrogen and oxygen atoms in total. The summed E-state index contributed by atoms with van der Waals surface area (Å²) < 4.78 is 5.99. The molecular weight excluding hydrogens is 412 g/mol. The fourth-order valence-electron chi connectivity index (χ4n) is 4.05. The van der Waals surface area contributed by atoms with Crippen LogP contribution < -0.4 is 9.64 Å². The Bertz CT molecular complexity index is 1090. The van der Waals surface area contributed by atoms with Crippen molar-refractivity contribution < 1.29 is 9.53 Å². The Labute approximate surface area is 196 Å². The lowest BCUT2D eigenvalue weighted by Gasteiger charge is -2.36. The summed E-state index contributed by atoms with van der Waals surface area (Å²) in [4.78, 5) is 17.0. The highest BCUT2D eigenvalue weighted by molar-refractivity contribution is 5.81. The van der Waals surface area contributed by atoms with Gasteiger partial charge in [0, 0.05) is 31.7 Å². The second kappa shape index (κ2) is 10.0. The van der Waals surface area contributed by atoms with Gasteiger partial charge >= 0.3 is 0 Å². The zero-order chi connectivity index (χ0) is 23.4. The molecule has 2 heterocycles. The number of carbonyl (C=O) groups is 1. The molecule has 6 heteroatoms. The Morgan fingerprint density at radius 3 is 2.33 bits per heavy atom. The summed E-state index contributed by atoms with van der Waals surface area (Å²) in [5.41, 5.74) is 5.40. The van der Waals surface area contributed by atoms with E-state index in [1.54, 1.807) is 0 Å². The fourth-order valence-corrected chi connectivity index (χ4v) is 4.05. The SMILES string of the molecule is CCc1ccc(-c2ccc(N3CCN(C(=O)C(C)Oc4cc(C)ccc4C)CC3)nn2)cc1. The molecule has 1 aliphatic heterocycles. The smallest absolute Gasteiger partial charge is 0.263 e. The number of piperazine rings is 1. The molecular formula is C27H32N4O2. The van der Waals surface area contributed by atoms with Crippen molar-refractivity contribution in [3.63, 3.8) is 0 Å². The molecule has 1 aromatic heterocycles. The van der Waals surface area contributed by atoms with Crippen LogP contribution in [0.4, 0.5) is 5.82 Å². The first-order chi connectivity index (χ1) is 15.9. The highest BCUT2D eigenvalue weighted by atomic mass is 16.5. The van der Waals surface area contributed by atoms with E-state index in [9.17, 15) is 4.79 Å². The van der Waals surface area contributed by atoms with Gasteiger partial charge in [-0.1, -0.05) is 43.3 Å². The van der Waals surface area contributed by atoms with Crippen LogP contribution in [0.3, 0.4) is 0 Å². The maximum atomic E-state index is 12.9. The van der Waals surface area contributed by atoms with Gasteiger partial charge in [0.15, 0.2) is 11.9 Å². The van der Waals surface area contributed by atoms with Crippen molar-refractivity contribution in [1.29, 1.82) is 0 Å². The molecule has 4 rings (SSSR count). The average molecular weight is 445 g/mol. The van der Waals surface area contributed by atoms with Gasteiger partial charge in [0.25, 0.3) is 5.91 Å². The number of carbonyl (C=O) groups excluding carboxylic acids is 1. The quantitative estimate of drug-likeness (QED) is 0.563. The lowest BCUT2D eigenvalue weighted by molar-refractivity contribution is -0.138. The summed E-state index contributed by atoms with van der Waals surface area (Å²) in [5.74, 6) is 1.64. The van der Waals surface area contributed by atoms with Gasteiger partial charge in [0.1, 0.15) is 5.75 Å². The van der Waals surface area contributed by atoms with Crippen molar-refractivity contribution in [3.8, 4) is 17.0 Å². The number of rotatable bonds is 6. The molecule has 0 bridgehead atoms. The monoisotopic (exact) mass is 444 g/mol. The van der Waals surface area contributed by atoms with E-state index in [-0.39, 0.29) is 5.91 Å². The number of benzene rings is 2. The largest absolute Gasteiger partial charge is 0.481 e. The van der Waals surface area contributed by atoms with Gasteiger partial charge < -0.3 is 14.5 Å². The van der Waals surface area contributed by atoms with Crippen molar-refractivity contribution in [1.82, 2.24) is 15.1 Å². The van der Waals surface area contributed by atoms with E-state index in [1.807, 2.05) is 56.0 Å². The van der Waals surface area contributed by atoms with E-state index in [2.05, 4.69) is 46.3 Å².